The third-order valence-corrected chi connectivity index (χ3v) is 3.50. The van der Waals surface area contributed by atoms with E-state index in [2.05, 4.69) is 9.97 Å². The lowest BCUT2D eigenvalue weighted by Crippen LogP contribution is -2.37. The second kappa shape index (κ2) is 7.95. The van der Waals surface area contributed by atoms with Crippen molar-refractivity contribution in [3.63, 3.8) is 0 Å². The normalized spacial score (nSPS) is 11.0. The molecule has 2 heterocycles. The van der Waals surface area contributed by atoms with E-state index >= 15 is 0 Å². The molecule has 0 radical (unpaired) electrons. The summed E-state index contributed by atoms with van der Waals surface area (Å²) in [4.78, 5) is 33.7. The Morgan fingerprint density at radius 1 is 1.27 bits per heavy atom. The Morgan fingerprint density at radius 3 is 2.58 bits per heavy atom. The van der Waals surface area contributed by atoms with Crippen molar-refractivity contribution in [1.82, 2.24) is 9.97 Å². The van der Waals surface area contributed by atoms with Crippen LogP contribution in [0.5, 0.6) is 5.88 Å². The summed E-state index contributed by atoms with van der Waals surface area (Å²) < 4.78 is 10.8. The zero-order valence-electron chi connectivity index (χ0n) is 15.6. The van der Waals surface area contributed by atoms with E-state index in [0.29, 0.717) is 28.5 Å². The molecule has 2 rings (SSSR count). The van der Waals surface area contributed by atoms with Gasteiger partial charge in [-0.1, -0.05) is 6.07 Å². The minimum atomic E-state index is -0.661. The molecule has 0 spiro atoms. The van der Waals surface area contributed by atoms with E-state index in [4.69, 9.17) is 9.47 Å². The van der Waals surface area contributed by atoms with Gasteiger partial charge in [-0.3, -0.25) is 9.69 Å². The van der Waals surface area contributed by atoms with Crippen molar-refractivity contribution in [2.75, 3.05) is 12.0 Å². The second-order valence-electron chi connectivity index (χ2n) is 6.70. The van der Waals surface area contributed by atoms with Gasteiger partial charge in [0.1, 0.15) is 11.4 Å². The van der Waals surface area contributed by atoms with E-state index in [0.717, 1.165) is 6.29 Å². The van der Waals surface area contributed by atoms with Crippen LogP contribution in [0.1, 0.15) is 42.4 Å². The third-order valence-electron chi connectivity index (χ3n) is 3.50. The molecule has 7 nitrogen and oxygen atoms in total. The fourth-order valence-corrected chi connectivity index (χ4v) is 2.29. The number of amides is 1. The van der Waals surface area contributed by atoms with E-state index in [1.807, 2.05) is 6.07 Å². The van der Waals surface area contributed by atoms with Gasteiger partial charge in [-0.05, 0) is 45.9 Å². The molecular formula is C19H23N3O4. The number of aromatic nitrogens is 2. The van der Waals surface area contributed by atoms with Crippen LogP contribution in [0.2, 0.25) is 0 Å². The number of aryl methyl sites for hydroxylation is 1. The summed E-state index contributed by atoms with van der Waals surface area (Å²) in [5, 5.41) is 0. The smallest absolute Gasteiger partial charge is 0.416 e. The fraction of sp³-hybridized carbons (Fsp3) is 0.368. The maximum Gasteiger partial charge on any atom is 0.416 e. The molecule has 0 aliphatic heterocycles. The van der Waals surface area contributed by atoms with E-state index in [-0.39, 0.29) is 6.54 Å². The Morgan fingerprint density at radius 2 is 2.00 bits per heavy atom. The second-order valence-corrected chi connectivity index (χ2v) is 6.70. The molecule has 2 aromatic rings. The molecule has 138 valence electrons. The highest BCUT2D eigenvalue weighted by atomic mass is 16.6. The van der Waals surface area contributed by atoms with Gasteiger partial charge in [-0.25, -0.2) is 14.8 Å². The number of pyridine rings is 2. The fourth-order valence-electron chi connectivity index (χ4n) is 2.29. The Labute approximate surface area is 153 Å². The quantitative estimate of drug-likeness (QED) is 0.761. The summed E-state index contributed by atoms with van der Waals surface area (Å²) in [5.74, 6) is 0.801. The first-order valence-corrected chi connectivity index (χ1v) is 8.16. The first-order chi connectivity index (χ1) is 12.2. The number of aldehydes is 1. The zero-order chi connectivity index (χ0) is 19.3. The molecule has 1 amide bonds. The average Bonchev–Trinajstić information content (AvgIpc) is 2.58. The van der Waals surface area contributed by atoms with Crippen molar-refractivity contribution in [3.8, 4) is 5.88 Å². The lowest BCUT2D eigenvalue weighted by atomic mass is 10.2. The number of nitrogens with zero attached hydrogens (tertiary/aromatic N) is 3. The van der Waals surface area contributed by atoms with Gasteiger partial charge in [-0.15, -0.1) is 0 Å². The molecule has 0 atom stereocenters. The molecule has 0 aromatic carbocycles. The predicted molar refractivity (Wildman–Crippen MR) is 97.6 cm³/mol. The molecule has 0 aliphatic carbocycles. The van der Waals surface area contributed by atoms with Gasteiger partial charge in [-0.2, -0.15) is 0 Å². The Hall–Kier alpha value is -2.96. The molecular weight excluding hydrogens is 334 g/mol. The summed E-state index contributed by atoms with van der Waals surface area (Å²) in [6.45, 7) is 7.26. The standard InChI is InChI=1S/C19H23N3O4/c1-13-15(12-23)8-9-16(21-13)22(18(24)26-19(2,3)4)11-14-7-6-10-20-17(14)25-5/h6-10,12H,11H2,1-5H3. The largest absolute Gasteiger partial charge is 0.481 e. The zero-order valence-corrected chi connectivity index (χ0v) is 15.6. The van der Waals surface area contributed by atoms with Crippen molar-refractivity contribution in [1.29, 1.82) is 0 Å². The summed E-state index contributed by atoms with van der Waals surface area (Å²) in [7, 11) is 1.52. The van der Waals surface area contributed by atoms with Gasteiger partial charge in [0.15, 0.2) is 6.29 Å². The molecule has 0 saturated carbocycles. The van der Waals surface area contributed by atoms with Crippen LogP contribution in [0.3, 0.4) is 0 Å². The molecule has 0 aliphatic rings. The molecule has 0 saturated heterocycles. The van der Waals surface area contributed by atoms with Crippen molar-refractivity contribution < 1.29 is 19.1 Å². The molecule has 7 heteroatoms. The van der Waals surface area contributed by atoms with Gasteiger partial charge in [0.2, 0.25) is 5.88 Å². The van der Waals surface area contributed by atoms with E-state index in [1.54, 1.807) is 52.1 Å². The average molecular weight is 357 g/mol. The van der Waals surface area contributed by atoms with Gasteiger partial charge >= 0.3 is 6.09 Å². The van der Waals surface area contributed by atoms with Crippen LogP contribution in [-0.2, 0) is 11.3 Å². The number of hydrogen-bond donors (Lipinski definition) is 0. The molecule has 2 aromatic heterocycles. The van der Waals surface area contributed by atoms with Crippen LogP contribution in [0, 0.1) is 6.92 Å². The molecule has 0 unspecified atom stereocenters. The van der Waals surface area contributed by atoms with E-state index in [1.165, 1.54) is 12.0 Å². The summed E-state index contributed by atoms with van der Waals surface area (Å²) in [5.41, 5.74) is 1.05. The first kappa shape index (κ1) is 19.4. The van der Waals surface area contributed by atoms with Crippen LogP contribution < -0.4 is 9.64 Å². The Kier molecular flexibility index (Phi) is 5.92. The van der Waals surface area contributed by atoms with Crippen molar-refractivity contribution in [3.05, 3.63) is 47.3 Å². The number of anilines is 1. The summed E-state index contributed by atoms with van der Waals surface area (Å²) in [6, 6.07) is 6.82. The maximum absolute atomic E-state index is 12.8. The highest BCUT2D eigenvalue weighted by Crippen LogP contribution is 2.23. The monoisotopic (exact) mass is 357 g/mol. The minimum Gasteiger partial charge on any atom is -0.481 e. The number of rotatable bonds is 5. The van der Waals surface area contributed by atoms with Crippen molar-refractivity contribution in [2.24, 2.45) is 0 Å². The highest BCUT2D eigenvalue weighted by molar-refractivity contribution is 5.87. The van der Waals surface area contributed by atoms with E-state index < -0.39 is 11.7 Å². The number of methoxy groups -OCH3 is 1. The van der Waals surface area contributed by atoms with Crippen LogP contribution >= 0.6 is 0 Å². The molecule has 0 N–H and O–H groups in total. The first-order valence-electron chi connectivity index (χ1n) is 8.16. The Bertz CT molecular complexity index is 800. The van der Waals surface area contributed by atoms with Crippen LogP contribution in [0.4, 0.5) is 10.6 Å². The number of hydrogen-bond acceptors (Lipinski definition) is 6. The van der Waals surface area contributed by atoms with Crippen LogP contribution in [-0.4, -0.2) is 35.1 Å². The SMILES string of the molecule is COc1ncccc1CN(C(=O)OC(C)(C)C)c1ccc(C=O)c(C)n1. The molecule has 0 bridgehead atoms. The third kappa shape index (κ3) is 4.78. The van der Waals surface area contributed by atoms with Crippen molar-refractivity contribution in [2.45, 2.75) is 39.8 Å². The van der Waals surface area contributed by atoms with Gasteiger partial charge < -0.3 is 9.47 Å². The summed E-state index contributed by atoms with van der Waals surface area (Å²) in [6.07, 6.45) is 1.80. The number of carbonyl (C=O) groups is 2. The lowest BCUT2D eigenvalue weighted by Gasteiger charge is -2.27. The maximum atomic E-state index is 12.8. The van der Waals surface area contributed by atoms with Gasteiger partial charge in [0.05, 0.1) is 19.3 Å². The number of ether oxygens (including phenoxy) is 2. The highest BCUT2D eigenvalue weighted by Gasteiger charge is 2.26. The summed E-state index contributed by atoms with van der Waals surface area (Å²) >= 11 is 0. The Balaban J connectivity index is 2.43. The van der Waals surface area contributed by atoms with Crippen LogP contribution in [0.25, 0.3) is 0 Å². The van der Waals surface area contributed by atoms with Gasteiger partial charge in [0.25, 0.3) is 0 Å². The van der Waals surface area contributed by atoms with Gasteiger partial charge in [0, 0.05) is 17.3 Å². The topological polar surface area (TPSA) is 81.6 Å². The van der Waals surface area contributed by atoms with Crippen LogP contribution in [0.15, 0.2) is 30.5 Å². The number of carbonyl (C=O) groups excluding carboxylic acids is 2. The molecule has 0 fully saturated rings. The lowest BCUT2D eigenvalue weighted by molar-refractivity contribution is 0.0576. The van der Waals surface area contributed by atoms with E-state index in [9.17, 15) is 9.59 Å². The van der Waals surface area contributed by atoms with Crippen molar-refractivity contribution >= 4 is 18.2 Å². The predicted octanol–water partition coefficient (Wildman–Crippen LogP) is 3.55. The minimum absolute atomic E-state index is 0.165. The molecule has 26 heavy (non-hydrogen) atoms.